The molecule has 0 saturated heterocycles. The lowest BCUT2D eigenvalue weighted by Crippen LogP contribution is -2.08. The van der Waals surface area contributed by atoms with E-state index in [-0.39, 0.29) is 5.95 Å². The molecule has 126 valence electrons. The maximum absolute atomic E-state index is 11.8. The third-order valence-corrected chi connectivity index (χ3v) is 3.43. The Morgan fingerprint density at radius 2 is 1.92 bits per heavy atom. The summed E-state index contributed by atoms with van der Waals surface area (Å²) in [5.74, 6) is 0.373. The number of hydrogen-bond acceptors (Lipinski definition) is 7. The lowest BCUT2D eigenvalue weighted by molar-refractivity contribution is 0.0602. The predicted octanol–water partition coefficient (Wildman–Crippen LogP) is 3.45. The fourth-order valence-corrected chi connectivity index (χ4v) is 2.29. The maximum atomic E-state index is 11.8. The van der Waals surface area contributed by atoms with E-state index in [4.69, 9.17) is 4.74 Å². The number of nitrogens with one attached hydrogen (secondary N) is 2. The summed E-state index contributed by atoms with van der Waals surface area (Å²) < 4.78 is 4.78. The fourth-order valence-electron chi connectivity index (χ4n) is 2.29. The van der Waals surface area contributed by atoms with Gasteiger partial charge in [-0.05, 0) is 36.8 Å². The van der Waals surface area contributed by atoms with Crippen LogP contribution >= 0.6 is 0 Å². The van der Waals surface area contributed by atoms with Gasteiger partial charge < -0.3 is 15.4 Å². The molecule has 0 amide bonds. The zero-order valence-corrected chi connectivity index (χ0v) is 13.9. The standard InChI is InChI=1S/C18H17N5O2/c1-12-6-5-7-13(10-12)20-16-11-19-23-18(22-16)21-15-9-4-3-8-14(15)17(24)25-2/h3-11H,1-2H3,(H2,20,21,22,23). The van der Waals surface area contributed by atoms with E-state index < -0.39 is 5.97 Å². The van der Waals surface area contributed by atoms with Crippen LogP contribution in [-0.2, 0) is 4.74 Å². The van der Waals surface area contributed by atoms with Gasteiger partial charge in [0.15, 0.2) is 5.82 Å². The summed E-state index contributed by atoms with van der Waals surface area (Å²) in [4.78, 5) is 16.2. The molecule has 2 aromatic carbocycles. The van der Waals surface area contributed by atoms with Gasteiger partial charge in [-0.2, -0.15) is 10.1 Å². The molecule has 1 heterocycles. The van der Waals surface area contributed by atoms with Crippen molar-refractivity contribution in [3.05, 3.63) is 65.9 Å². The highest BCUT2D eigenvalue weighted by Gasteiger charge is 2.12. The van der Waals surface area contributed by atoms with Gasteiger partial charge >= 0.3 is 5.97 Å². The molecule has 1 aromatic heterocycles. The lowest BCUT2D eigenvalue weighted by atomic mass is 10.2. The van der Waals surface area contributed by atoms with Gasteiger partial charge in [0.25, 0.3) is 0 Å². The summed E-state index contributed by atoms with van der Waals surface area (Å²) in [6, 6.07) is 14.9. The number of para-hydroxylation sites is 1. The Kier molecular flexibility index (Phi) is 4.84. The molecule has 7 heteroatoms. The van der Waals surface area contributed by atoms with Crippen molar-refractivity contribution in [2.75, 3.05) is 17.7 Å². The highest BCUT2D eigenvalue weighted by atomic mass is 16.5. The molecule has 7 nitrogen and oxygen atoms in total. The summed E-state index contributed by atoms with van der Waals surface area (Å²) in [6.07, 6.45) is 1.53. The number of nitrogens with zero attached hydrogens (tertiary/aromatic N) is 3. The highest BCUT2D eigenvalue weighted by molar-refractivity contribution is 5.96. The molecular weight excluding hydrogens is 318 g/mol. The number of aromatic nitrogens is 3. The molecule has 0 aliphatic heterocycles. The zero-order chi connectivity index (χ0) is 17.6. The van der Waals surface area contributed by atoms with Gasteiger partial charge in [0.1, 0.15) is 0 Å². The smallest absolute Gasteiger partial charge is 0.339 e. The number of methoxy groups -OCH3 is 1. The Bertz CT molecular complexity index is 898. The van der Waals surface area contributed by atoms with Crippen molar-refractivity contribution in [2.24, 2.45) is 0 Å². The Labute approximate surface area is 145 Å². The van der Waals surface area contributed by atoms with E-state index in [0.717, 1.165) is 11.3 Å². The summed E-state index contributed by atoms with van der Waals surface area (Å²) in [6.45, 7) is 2.01. The van der Waals surface area contributed by atoms with Crippen LogP contribution in [0.2, 0.25) is 0 Å². The van der Waals surface area contributed by atoms with E-state index in [0.29, 0.717) is 17.1 Å². The lowest BCUT2D eigenvalue weighted by Gasteiger charge is -2.10. The molecule has 0 aliphatic rings. The number of carbonyl (C=O) groups is 1. The first-order valence-corrected chi connectivity index (χ1v) is 7.63. The largest absolute Gasteiger partial charge is 0.465 e. The summed E-state index contributed by atoms with van der Waals surface area (Å²) in [5, 5.41) is 14.1. The normalized spacial score (nSPS) is 10.2. The van der Waals surface area contributed by atoms with E-state index in [1.165, 1.54) is 13.3 Å². The van der Waals surface area contributed by atoms with Crippen molar-refractivity contribution in [1.82, 2.24) is 15.2 Å². The van der Waals surface area contributed by atoms with Crippen LogP contribution in [0.1, 0.15) is 15.9 Å². The van der Waals surface area contributed by atoms with Gasteiger partial charge in [-0.3, -0.25) is 0 Å². The monoisotopic (exact) mass is 335 g/mol. The first-order valence-electron chi connectivity index (χ1n) is 7.63. The minimum Gasteiger partial charge on any atom is -0.465 e. The highest BCUT2D eigenvalue weighted by Crippen LogP contribution is 2.21. The average Bonchev–Trinajstić information content (AvgIpc) is 2.62. The molecule has 0 spiro atoms. The van der Waals surface area contributed by atoms with Gasteiger partial charge in [-0.15, -0.1) is 5.10 Å². The molecule has 3 aromatic rings. The number of carbonyl (C=O) groups excluding carboxylic acids is 1. The molecule has 2 N–H and O–H groups in total. The topological polar surface area (TPSA) is 89.0 Å². The minimum absolute atomic E-state index is 0.272. The second-order valence-electron chi connectivity index (χ2n) is 5.32. The van der Waals surface area contributed by atoms with Crippen molar-refractivity contribution in [3.8, 4) is 0 Å². The van der Waals surface area contributed by atoms with Crippen molar-refractivity contribution >= 4 is 29.1 Å². The second kappa shape index (κ2) is 7.39. The van der Waals surface area contributed by atoms with E-state index in [1.807, 2.05) is 31.2 Å². The number of ether oxygens (including phenoxy) is 1. The molecule has 25 heavy (non-hydrogen) atoms. The van der Waals surface area contributed by atoms with Crippen LogP contribution in [0.5, 0.6) is 0 Å². The van der Waals surface area contributed by atoms with Gasteiger partial charge in [0.05, 0.1) is 24.6 Å². The van der Waals surface area contributed by atoms with Crippen LogP contribution in [0.25, 0.3) is 0 Å². The van der Waals surface area contributed by atoms with Crippen molar-refractivity contribution < 1.29 is 9.53 Å². The SMILES string of the molecule is COC(=O)c1ccccc1Nc1nncc(Nc2cccc(C)c2)n1. The van der Waals surface area contributed by atoms with E-state index >= 15 is 0 Å². The number of anilines is 4. The average molecular weight is 335 g/mol. The van der Waals surface area contributed by atoms with E-state index in [1.54, 1.807) is 24.3 Å². The van der Waals surface area contributed by atoms with Crippen LogP contribution in [0.3, 0.4) is 0 Å². The third-order valence-electron chi connectivity index (χ3n) is 3.43. The van der Waals surface area contributed by atoms with Gasteiger partial charge in [0.2, 0.25) is 5.95 Å². The van der Waals surface area contributed by atoms with Crippen LogP contribution in [0.15, 0.2) is 54.7 Å². The van der Waals surface area contributed by atoms with Gasteiger partial charge in [-0.25, -0.2) is 4.79 Å². The Balaban J connectivity index is 1.82. The van der Waals surface area contributed by atoms with Crippen LogP contribution in [0.4, 0.5) is 23.1 Å². The number of benzene rings is 2. The molecule has 3 rings (SSSR count). The van der Waals surface area contributed by atoms with Crippen molar-refractivity contribution in [1.29, 1.82) is 0 Å². The predicted molar refractivity (Wildman–Crippen MR) is 95.4 cm³/mol. The third kappa shape index (κ3) is 4.08. The van der Waals surface area contributed by atoms with Crippen LogP contribution < -0.4 is 10.6 Å². The van der Waals surface area contributed by atoms with Crippen LogP contribution in [0, 0.1) is 6.92 Å². The quantitative estimate of drug-likeness (QED) is 0.690. The van der Waals surface area contributed by atoms with Gasteiger partial charge in [0, 0.05) is 5.69 Å². The first kappa shape index (κ1) is 16.4. The summed E-state index contributed by atoms with van der Waals surface area (Å²) in [5.41, 5.74) is 2.98. The Morgan fingerprint density at radius 1 is 1.08 bits per heavy atom. The number of rotatable bonds is 5. The number of aryl methyl sites for hydroxylation is 1. The molecular formula is C18H17N5O2. The van der Waals surface area contributed by atoms with Crippen molar-refractivity contribution in [2.45, 2.75) is 6.92 Å². The van der Waals surface area contributed by atoms with Crippen molar-refractivity contribution in [3.63, 3.8) is 0 Å². The van der Waals surface area contributed by atoms with E-state index in [9.17, 15) is 4.79 Å². The molecule has 0 radical (unpaired) electrons. The maximum Gasteiger partial charge on any atom is 0.339 e. The Morgan fingerprint density at radius 3 is 2.72 bits per heavy atom. The van der Waals surface area contributed by atoms with E-state index in [2.05, 4.69) is 25.8 Å². The van der Waals surface area contributed by atoms with Crippen LogP contribution in [-0.4, -0.2) is 28.3 Å². The minimum atomic E-state index is -0.440. The molecule has 0 bridgehead atoms. The summed E-state index contributed by atoms with van der Waals surface area (Å²) >= 11 is 0. The fraction of sp³-hybridized carbons (Fsp3) is 0.111. The van der Waals surface area contributed by atoms with Gasteiger partial charge in [-0.1, -0.05) is 24.3 Å². The molecule has 0 unspecified atom stereocenters. The first-order chi connectivity index (χ1) is 12.2. The molecule has 0 saturated carbocycles. The number of hydrogen-bond donors (Lipinski definition) is 2. The molecule has 0 atom stereocenters. The molecule has 0 fully saturated rings. The Hall–Kier alpha value is -3.48. The number of esters is 1. The summed E-state index contributed by atoms with van der Waals surface area (Å²) in [7, 11) is 1.34. The molecule has 0 aliphatic carbocycles. The zero-order valence-electron chi connectivity index (χ0n) is 13.9. The second-order valence-corrected chi connectivity index (χ2v) is 5.32.